The molecule has 0 saturated heterocycles. The van der Waals surface area contributed by atoms with Crippen LogP contribution in [0.3, 0.4) is 0 Å². The highest BCUT2D eigenvalue weighted by Crippen LogP contribution is 2.18. The number of rotatable bonds is 9. The highest BCUT2D eigenvalue weighted by Gasteiger charge is 2.14. The van der Waals surface area contributed by atoms with Crippen LogP contribution in [0.15, 0.2) is 85.5 Å². The number of ether oxygens (including phenoxy) is 4. The molecule has 10 heteroatoms. The van der Waals surface area contributed by atoms with Crippen molar-refractivity contribution < 1.29 is 43.4 Å². The van der Waals surface area contributed by atoms with Gasteiger partial charge in [0.2, 0.25) is 6.79 Å². The topological polar surface area (TPSA) is 129 Å². The average molecular weight is 462 g/mol. The van der Waals surface area contributed by atoms with Crippen LogP contribution in [-0.4, -0.2) is 41.9 Å². The summed E-state index contributed by atoms with van der Waals surface area (Å²) < 4.78 is 20.4. The van der Waals surface area contributed by atoms with E-state index >= 15 is 0 Å². The Labute approximate surface area is 194 Å². The molecule has 0 unspecified atom stereocenters. The maximum absolute atomic E-state index is 12.3. The van der Waals surface area contributed by atoms with Crippen LogP contribution in [0.4, 0.5) is 0 Å². The molecule has 172 valence electrons. The number of carbonyl (C=O) groups excluding carboxylic acids is 3. The first kappa shape index (κ1) is 24.2. The van der Waals surface area contributed by atoms with Crippen molar-refractivity contribution in [2.75, 3.05) is 6.79 Å². The van der Waals surface area contributed by atoms with Crippen LogP contribution in [0.25, 0.3) is 0 Å². The molecule has 2 N–H and O–H groups in total. The van der Waals surface area contributed by atoms with Crippen molar-refractivity contribution in [2.45, 2.75) is 0 Å². The van der Waals surface area contributed by atoms with Gasteiger partial charge in [-0.3, -0.25) is 0 Å². The molecule has 0 amide bonds. The van der Waals surface area contributed by atoms with Gasteiger partial charge in [-0.05, 0) is 66.1 Å². The van der Waals surface area contributed by atoms with Gasteiger partial charge in [0.15, 0.2) is 0 Å². The Hall–Kier alpha value is -4.41. The van der Waals surface area contributed by atoms with Gasteiger partial charge in [-0.2, -0.15) is 0 Å². The highest BCUT2D eigenvalue weighted by molar-refractivity contribution is 6.58. The number of hydrogen-bond donors (Lipinski definition) is 2. The smallest absolute Gasteiger partial charge is 0.457 e. The van der Waals surface area contributed by atoms with E-state index in [0.29, 0.717) is 5.75 Å². The van der Waals surface area contributed by atoms with Crippen molar-refractivity contribution in [2.24, 2.45) is 0 Å². The lowest BCUT2D eigenvalue weighted by molar-refractivity contribution is -0.144. The van der Waals surface area contributed by atoms with Gasteiger partial charge in [-0.1, -0.05) is 18.7 Å². The Morgan fingerprint density at radius 2 is 1.18 bits per heavy atom. The molecule has 0 heterocycles. The fourth-order valence-electron chi connectivity index (χ4n) is 2.60. The second-order valence-corrected chi connectivity index (χ2v) is 6.70. The lowest BCUT2D eigenvalue weighted by Gasteiger charge is -2.08. The first-order valence-corrected chi connectivity index (χ1v) is 9.88. The Balaban J connectivity index is 1.53. The minimum Gasteiger partial charge on any atom is -0.457 e. The minimum absolute atomic E-state index is 0.222. The van der Waals surface area contributed by atoms with Crippen molar-refractivity contribution in [3.05, 3.63) is 96.6 Å². The molecular weight excluding hydrogens is 443 g/mol. The molecule has 0 fully saturated rings. The quantitative estimate of drug-likeness (QED) is 0.161. The second kappa shape index (κ2) is 11.5. The van der Waals surface area contributed by atoms with Gasteiger partial charge in [0.05, 0.1) is 11.1 Å². The number of hydrogen-bond acceptors (Lipinski definition) is 9. The van der Waals surface area contributed by atoms with Crippen LogP contribution < -0.4 is 19.7 Å². The van der Waals surface area contributed by atoms with E-state index in [0.717, 1.165) is 6.08 Å². The van der Waals surface area contributed by atoms with Crippen molar-refractivity contribution >= 4 is 30.5 Å². The zero-order valence-corrected chi connectivity index (χ0v) is 17.7. The normalized spacial score (nSPS) is 10.1. The summed E-state index contributed by atoms with van der Waals surface area (Å²) in [6.07, 6.45) is 1.02. The zero-order chi connectivity index (χ0) is 24.5. The molecule has 3 aromatic carbocycles. The molecule has 0 atom stereocenters. The first-order valence-electron chi connectivity index (χ1n) is 9.88. The maximum atomic E-state index is 12.3. The van der Waals surface area contributed by atoms with Gasteiger partial charge in [0, 0.05) is 6.08 Å². The van der Waals surface area contributed by atoms with Gasteiger partial charge >= 0.3 is 25.0 Å². The molecule has 0 aromatic heterocycles. The lowest BCUT2D eigenvalue weighted by atomic mass is 9.80. The van der Waals surface area contributed by atoms with Crippen LogP contribution in [0.2, 0.25) is 0 Å². The summed E-state index contributed by atoms with van der Waals surface area (Å²) in [6.45, 7) is 2.98. The monoisotopic (exact) mass is 462 g/mol. The third-order valence-corrected chi connectivity index (χ3v) is 4.37. The van der Waals surface area contributed by atoms with Crippen molar-refractivity contribution in [3.63, 3.8) is 0 Å². The summed E-state index contributed by atoms with van der Waals surface area (Å²) in [5.41, 5.74) is 0.752. The summed E-state index contributed by atoms with van der Waals surface area (Å²) in [5, 5.41) is 18.2. The van der Waals surface area contributed by atoms with Gasteiger partial charge in [-0.25, -0.2) is 14.4 Å². The van der Waals surface area contributed by atoms with Gasteiger partial charge in [0.1, 0.15) is 17.2 Å². The third-order valence-electron chi connectivity index (χ3n) is 4.37. The van der Waals surface area contributed by atoms with E-state index in [4.69, 9.17) is 29.0 Å². The van der Waals surface area contributed by atoms with E-state index in [9.17, 15) is 14.4 Å². The Morgan fingerprint density at radius 1 is 0.735 bits per heavy atom. The van der Waals surface area contributed by atoms with E-state index in [1.165, 1.54) is 72.8 Å². The summed E-state index contributed by atoms with van der Waals surface area (Å²) >= 11 is 0. The fourth-order valence-corrected chi connectivity index (χ4v) is 2.60. The van der Waals surface area contributed by atoms with Crippen molar-refractivity contribution in [3.8, 4) is 17.2 Å². The zero-order valence-electron chi connectivity index (χ0n) is 17.7. The van der Waals surface area contributed by atoms with E-state index in [2.05, 4.69) is 6.58 Å². The molecule has 0 aliphatic rings. The average Bonchev–Trinajstić information content (AvgIpc) is 2.85. The highest BCUT2D eigenvalue weighted by atomic mass is 16.7. The van der Waals surface area contributed by atoms with E-state index in [1.54, 1.807) is 0 Å². The van der Waals surface area contributed by atoms with Crippen LogP contribution in [0.5, 0.6) is 17.2 Å². The first-order chi connectivity index (χ1) is 16.4. The van der Waals surface area contributed by atoms with Crippen LogP contribution in [0, 0.1) is 0 Å². The summed E-state index contributed by atoms with van der Waals surface area (Å²) in [5.74, 6) is -1.03. The molecule has 0 aliphatic carbocycles. The van der Waals surface area contributed by atoms with Crippen molar-refractivity contribution in [1.29, 1.82) is 0 Å². The standard InChI is InChI=1S/C24H19BO9/c1-2-22(26)32-15-31-19-9-3-16(4-10-19)23(27)33-20-11-5-17(6-12-20)24(28)34-21-13-7-18(8-14-21)25(29)30/h2-14,29-30H,1,15H2. The van der Waals surface area contributed by atoms with E-state index in [1.807, 2.05) is 0 Å². The molecule has 0 saturated carbocycles. The van der Waals surface area contributed by atoms with Crippen LogP contribution in [-0.2, 0) is 9.53 Å². The number of carbonyl (C=O) groups is 3. The fraction of sp³-hybridized carbons (Fsp3) is 0.0417. The van der Waals surface area contributed by atoms with Gasteiger partial charge in [-0.15, -0.1) is 0 Å². The summed E-state index contributed by atoms with van der Waals surface area (Å²) in [4.78, 5) is 35.6. The third kappa shape index (κ3) is 6.79. The lowest BCUT2D eigenvalue weighted by Crippen LogP contribution is -2.29. The summed E-state index contributed by atoms with van der Waals surface area (Å²) in [7, 11) is -1.61. The predicted octanol–water partition coefficient (Wildman–Crippen LogP) is 1.87. The Kier molecular flexibility index (Phi) is 8.17. The van der Waals surface area contributed by atoms with Gasteiger partial charge < -0.3 is 29.0 Å². The Bertz CT molecular complexity index is 1150. The number of esters is 3. The molecule has 0 spiro atoms. The molecule has 3 rings (SSSR count). The largest absolute Gasteiger partial charge is 0.488 e. The molecule has 9 nitrogen and oxygen atoms in total. The molecule has 0 aliphatic heterocycles. The van der Waals surface area contributed by atoms with E-state index < -0.39 is 25.0 Å². The van der Waals surface area contributed by atoms with Crippen LogP contribution in [0.1, 0.15) is 20.7 Å². The molecular formula is C24H19BO9. The minimum atomic E-state index is -1.61. The predicted molar refractivity (Wildman–Crippen MR) is 121 cm³/mol. The molecule has 0 radical (unpaired) electrons. The Morgan fingerprint density at radius 3 is 1.62 bits per heavy atom. The van der Waals surface area contributed by atoms with Crippen molar-refractivity contribution in [1.82, 2.24) is 0 Å². The maximum Gasteiger partial charge on any atom is 0.488 e. The summed E-state index contributed by atoms with van der Waals surface area (Å²) in [6, 6.07) is 17.5. The second-order valence-electron chi connectivity index (χ2n) is 6.70. The molecule has 34 heavy (non-hydrogen) atoms. The number of benzene rings is 3. The molecule has 3 aromatic rings. The molecule has 0 bridgehead atoms. The SMILES string of the molecule is C=CC(=O)OCOc1ccc(C(=O)Oc2ccc(C(=O)Oc3ccc(B(O)O)cc3)cc2)cc1. The van der Waals surface area contributed by atoms with Gasteiger partial charge in [0.25, 0.3) is 0 Å². The van der Waals surface area contributed by atoms with Crippen LogP contribution >= 0.6 is 0 Å². The van der Waals surface area contributed by atoms with E-state index in [-0.39, 0.29) is 34.9 Å².